The van der Waals surface area contributed by atoms with Crippen molar-refractivity contribution in [3.63, 3.8) is 0 Å². The number of non-ortho nitro benzene ring substituents is 1. The van der Waals surface area contributed by atoms with Crippen molar-refractivity contribution >= 4 is 45.8 Å². The van der Waals surface area contributed by atoms with Gasteiger partial charge >= 0.3 is 0 Å². The summed E-state index contributed by atoms with van der Waals surface area (Å²) in [5.41, 5.74) is 0.0748. The molecule has 2 aliphatic rings. The maximum absolute atomic E-state index is 10.6. The van der Waals surface area contributed by atoms with Crippen molar-refractivity contribution in [2.45, 2.75) is 20.3 Å². The summed E-state index contributed by atoms with van der Waals surface area (Å²) in [7, 11) is 4.85. The van der Waals surface area contributed by atoms with Crippen molar-refractivity contribution in [2.75, 3.05) is 33.6 Å². The van der Waals surface area contributed by atoms with Gasteiger partial charge < -0.3 is 9.64 Å². The SMILES string of the molecule is C.CN1CCSC1=S.CON1C(=O)CCC1=O.COc1ccc([N+](=O)[O-])cc1. The smallest absolute Gasteiger partial charge is 0.269 e. The number of imide groups is 1. The van der Waals surface area contributed by atoms with Crippen molar-refractivity contribution in [2.24, 2.45) is 0 Å². The number of methoxy groups -OCH3 is 1. The zero-order valence-electron chi connectivity index (χ0n) is 15.2. The fraction of sp³-hybridized carbons (Fsp3) is 0.471. The molecule has 0 radical (unpaired) electrons. The minimum atomic E-state index is -0.445. The molecule has 1 aromatic carbocycles. The third kappa shape index (κ3) is 8.19. The van der Waals surface area contributed by atoms with Crippen LogP contribution in [0.5, 0.6) is 5.75 Å². The van der Waals surface area contributed by atoms with E-state index in [9.17, 15) is 19.7 Å². The second-order valence-electron chi connectivity index (χ2n) is 5.26. The van der Waals surface area contributed by atoms with Crippen LogP contribution in [0.15, 0.2) is 24.3 Å². The quantitative estimate of drug-likeness (QED) is 0.309. The van der Waals surface area contributed by atoms with Gasteiger partial charge in [-0.3, -0.25) is 24.5 Å². The van der Waals surface area contributed by atoms with Gasteiger partial charge in [0, 0.05) is 44.3 Å². The molecule has 0 bridgehead atoms. The summed E-state index contributed by atoms with van der Waals surface area (Å²) < 4.78 is 5.87. The number of hydroxylamine groups is 2. The van der Waals surface area contributed by atoms with Gasteiger partial charge in [-0.05, 0) is 12.1 Å². The molecule has 0 atom stereocenters. The lowest BCUT2D eigenvalue weighted by atomic mass is 10.3. The molecule has 3 rings (SSSR count). The topological polar surface area (TPSA) is 102 Å². The highest BCUT2D eigenvalue weighted by Gasteiger charge is 2.28. The molecule has 2 fully saturated rings. The number of thiocarbonyl (C=S) groups is 1. The van der Waals surface area contributed by atoms with E-state index in [0.717, 1.165) is 15.9 Å². The molecule has 2 heterocycles. The minimum Gasteiger partial charge on any atom is -0.497 e. The lowest BCUT2D eigenvalue weighted by molar-refractivity contribution is -0.384. The van der Waals surface area contributed by atoms with Crippen molar-refractivity contribution in [1.29, 1.82) is 0 Å². The molecule has 1 aromatic rings. The molecular formula is C17H25N3O6S2. The monoisotopic (exact) mass is 431 g/mol. The average Bonchev–Trinajstić information content (AvgIpc) is 3.20. The number of nitro benzene ring substituents is 1. The number of nitrogens with zero attached hydrogens (tertiary/aromatic N) is 3. The van der Waals surface area contributed by atoms with E-state index in [1.807, 2.05) is 7.05 Å². The highest BCUT2D eigenvalue weighted by Crippen LogP contribution is 2.16. The summed E-state index contributed by atoms with van der Waals surface area (Å²) in [5, 5.41) is 11.0. The van der Waals surface area contributed by atoms with E-state index in [1.165, 1.54) is 32.1 Å². The Bertz CT molecular complexity index is 668. The van der Waals surface area contributed by atoms with Gasteiger partial charge in [-0.25, -0.2) is 0 Å². The molecule has 9 nitrogen and oxygen atoms in total. The van der Waals surface area contributed by atoms with Gasteiger partial charge in [0.1, 0.15) is 10.1 Å². The number of hydrogen-bond donors (Lipinski definition) is 0. The van der Waals surface area contributed by atoms with Crippen LogP contribution in [-0.4, -0.2) is 64.6 Å². The highest BCUT2D eigenvalue weighted by molar-refractivity contribution is 8.23. The standard InChI is InChI=1S/C7H7NO3.C5H7NO3.C4H7NS2.CH4/c1-11-7-4-2-6(3-5-7)8(9)10;1-9-6-4(7)2-3-5(6)8;1-5-2-3-7-4(5)6;/h2-5H,1H3;2-3H2,1H3;2-3H2,1H3;1H4. The number of carbonyl (C=O) groups excluding carboxylic acids is 2. The molecule has 11 heteroatoms. The summed E-state index contributed by atoms with van der Waals surface area (Å²) >= 11 is 6.69. The Morgan fingerprint density at radius 3 is 1.93 bits per heavy atom. The predicted octanol–water partition coefficient (Wildman–Crippen LogP) is 2.89. The molecule has 0 aromatic heterocycles. The number of ether oxygens (including phenoxy) is 1. The Balaban J connectivity index is 0.000000393. The second-order valence-corrected chi connectivity index (χ2v) is 6.98. The zero-order chi connectivity index (χ0) is 20.4. The largest absolute Gasteiger partial charge is 0.497 e. The number of hydrogen-bond acceptors (Lipinski definition) is 8. The van der Waals surface area contributed by atoms with E-state index < -0.39 is 4.92 Å². The Morgan fingerprint density at radius 2 is 1.68 bits per heavy atom. The van der Waals surface area contributed by atoms with Crippen LogP contribution in [0.3, 0.4) is 0 Å². The number of carbonyl (C=O) groups is 2. The van der Waals surface area contributed by atoms with Crippen molar-refractivity contribution < 1.29 is 24.1 Å². The number of rotatable bonds is 3. The van der Waals surface area contributed by atoms with E-state index >= 15 is 0 Å². The van der Waals surface area contributed by atoms with E-state index in [4.69, 9.17) is 17.0 Å². The number of amides is 2. The Hall–Kier alpha value is -2.24. The summed E-state index contributed by atoms with van der Waals surface area (Å²) in [6.45, 7) is 1.13. The maximum Gasteiger partial charge on any atom is 0.269 e. The molecule has 0 spiro atoms. The Kier molecular flexibility index (Phi) is 12.0. The van der Waals surface area contributed by atoms with E-state index in [0.29, 0.717) is 5.75 Å². The fourth-order valence-corrected chi connectivity index (χ4v) is 3.13. The third-order valence-electron chi connectivity index (χ3n) is 3.44. The van der Waals surface area contributed by atoms with Crippen LogP contribution < -0.4 is 4.74 Å². The van der Waals surface area contributed by atoms with Crippen LogP contribution >= 0.6 is 24.0 Å². The predicted molar refractivity (Wildman–Crippen MR) is 112 cm³/mol. The maximum atomic E-state index is 10.6. The summed E-state index contributed by atoms with van der Waals surface area (Å²) in [5.74, 6) is 1.30. The molecule has 28 heavy (non-hydrogen) atoms. The Morgan fingerprint density at radius 1 is 1.14 bits per heavy atom. The van der Waals surface area contributed by atoms with Gasteiger partial charge in [0.2, 0.25) is 0 Å². The molecule has 0 unspecified atom stereocenters. The molecule has 156 valence electrons. The first kappa shape index (κ1) is 25.8. The number of nitro groups is 1. The summed E-state index contributed by atoms with van der Waals surface area (Å²) in [6.07, 6.45) is 0.569. The van der Waals surface area contributed by atoms with Crippen molar-refractivity contribution in [3.05, 3.63) is 34.4 Å². The highest BCUT2D eigenvalue weighted by atomic mass is 32.2. The average molecular weight is 432 g/mol. The number of thioether (sulfide) groups is 1. The molecule has 0 aliphatic carbocycles. The minimum absolute atomic E-state index is 0. The second kappa shape index (κ2) is 13.0. The van der Waals surface area contributed by atoms with Gasteiger partial charge in [-0.1, -0.05) is 31.4 Å². The number of benzene rings is 1. The van der Waals surface area contributed by atoms with Crippen LogP contribution in [0.2, 0.25) is 0 Å². The first-order valence-corrected chi connectivity index (χ1v) is 9.25. The van der Waals surface area contributed by atoms with Crippen molar-refractivity contribution in [3.8, 4) is 5.75 Å². The van der Waals surface area contributed by atoms with Crippen LogP contribution in [0, 0.1) is 10.1 Å². The lowest BCUT2D eigenvalue weighted by Crippen LogP contribution is -2.27. The fourth-order valence-electron chi connectivity index (χ4n) is 1.93. The van der Waals surface area contributed by atoms with E-state index in [-0.39, 0.29) is 37.8 Å². The lowest BCUT2D eigenvalue weighted by Gasteiger charge is -2.07. The molecule has 0 N–H and O–H groups in total. The zero-order valence-corrected chi connectivity index (χ0v) is 16.9. The van der Waals surface area contributed by atoms with Gasteiger partial charge in [-0.15, -0.1) is 0 Å². The first-order chi connectivity index (χ1) is 12.8. The van der Waals surface area contributed by atoms with Crippen LogP contribution in [-0.2, 0) is 14.4 Å². The van der Waals surface area contributed by atoms with Gasteiger partial charge in [0.15, 0.2) is 0 Å². The van der Waals surface area contributed by atoms with Gasteiger partial charge in [0.05, 0.1) is 19.1 Å². The van der Waals surface area contributed by atoms with E-state index in [2.05, 4.69) is 9.74 Å². The third-order valence-corrected chi connectivity index (χ3v) is 5.05. The summed E-state index contributed by atoms with van der Waals surface area (Å²) in [6, 6.07) is 5.91. The molecule has 0 saturated carbocycles. The normalized spacial score (nSPS) is 15.2. The van der Waals surface area contributed by atoms with E-state index in [1.54, 1.807) is 23.9 Å². The van der Waals surface area contributed by atoms with Crippen LogP contribution in [0.1, 0.15) is 20.3 Å². The van der Waals surface area contributed by atoms with Crippen LogP contribution in [0.4, 0.5) is 5.69 Å². The van der Waals surface area contributed by atoms with Gasteiger partial charge in [0.25, 0.3) is 17.5 Å². The molecule has 2 aliphatic heterocycles. The Labute approximate surface area is 174 Å². The van der Waals surface area contributed by atoms with Crippen LogP contribution in [0.25, 0.3) is 0 Å². The van der Waals surface area contributed by atoms with Gasteiger partial charge in [-0.2, -0.15) is 5.06 Å². The summed E-state index contributed by atoms with van der Waals surface area (Å²) in [4.78, 5) is 37.5. The molecular weight excluding hydrogens is 406 g/mol. The first-order valence-electron chi connectivity index (χ1n) is 7.86. The molecule has 2 saturated heterocycles. The van der Waals surface area contributed by atoms with Crippen molar-refractivity contribution in [1.82, 2.24) is 9.96 Å². The molecule has 2 amide bonds.